The highest BCUT2D eigenvalue weighted by molar-refractivity contribution is 5.99. The largest absolute Gasteiger partial charge is 0.440 e. The molecule has 2 aliphatic heterocycles. The van der Waals surface area contributed by atoms with E-state index in [0.29, 0.717) is 73.9 Å². The van der Waals surface area contributed by atoms with E-state index in [-0.39, 0.29) is 22.8 Å². The first-order valence-corrected chi connectivity index (χ1v) is 13.3. The number of benzene rings is 2. The van der Waals surface area contributed by atoms with Crippen molar-refractivity contribution in [3.8, 4) is 0 Å². The van der Waals surface area contributed by atoms with Gasteiger partial charge in [-0.15, -0.1) is 0 Å². The average Bonchev–Trinajstić information content (AvgIpc) is 2.91. The zero-order valence-electron chi connectivity index (χ0n) is 22.3. The van der Waals surface area contributed by atoms with Gasteiger partial charge < -0.3 is 29.0 Å². The summed E-state index contributed by atoms with van der Waals surface area (Å²) in [4.78, 5) is 32.2. The van der Waals surface area contributed by atoms with Gasteiger partial charge >= 0.3 is 0 Å². The van der Waals surface area contributed by atoms with E-state index in [2.05, 4.69) is 0 Å². The second kappa shape index (κ2) is 10.9. The lowest BCUT2D eigenvalue weighted by molar-refractivity contribution is 0.0517. The second-order valence-corrected chi connectivity index (χ2v) is 10.5. The Bertz CT molecular complexity index is 1420. The van der Waals surface area contributed by atoms with E-state index in [4.69, 9.17) is 9.15 Å². The quantitative estimate of drug-likeness (QED) is 0.521. The Kier molecular flexibility index (Phi) is 7.59. The summed E-state index contributed by atoms with van der Waals surface area (Å²) in [5.41, 5.74) is 1.19. The first-order valence-electron chi connectivity index (χ1n) is 13.3. The van der Waals surface area contributed by atoms with Crippen LogP contribution in [0.1, 0.15) is 48.7 Å². The molecule has 1 amide bonds. The fourth-order valence-electron chi connectivity index (χ4n) is 5.31. The number of ether oxygens (including phenoxy) is 1. The van der Waals surface area contributed by atoms with Crippen LogP contribution in [0.25, 0.3) is 11.0 Å². The molecule has 2 aliphatic rings. The first-order chi connectivity index (χ1) is 18.6. The molecular formula is C29H33F2N3O5. The smallest absolute Gasteiger partial charge is 0.253 e. The van der Waals surface area contributed by atoms with Crippen LogP contribution in [-0.4, -0.2) is 68.0 Å². The number of aliphatic hydroxyl groups is 1. The van der Waals surface area contributed by atoms with Crippen LogP contribution in [0, 0.1) is 11.6 Å². The van der Waals surface area contributed by atoms with E-state index in [0.717, 1.165) is 6.07 Å². The number of piperidine rings is 1. The molecule has 8 nitrogen and oxygen atoms in total. The number of halogens is 2. The summed E-state index contributed by atoms with van der Waals surface area (Å²) >= 11 is 0. The van der Waals surface area contributed by atoms with Crippen molar-refractivity contribution in [1.82, 2.24) is 4.90 Å². The van der Waals surface area contributed by atoms with E-state index in [1.54, 1.807) is 29.0 Å². The molecule has 0 bridgehead atoms. The van der Waals surface area contributed by atoms with E-state index in [1.807, 2.05) is 18.7 Å². The van der Waals surface area contributed by atoms with Crippen molar-refractivity contribution < 1.29 is 27.8 Å². The minimum Gasteiger partial charge on any atom is -0.440 e. The van der Waals surface area contributed by atoms with E-state index in [1.165, 1.54) is 18.2 Å². The number of anilines is 2. The second-order valence-electron chi connectivity index (χ2n) is 10.5. The lowest BCUT2D eigenvalue weighted by atomic mass is 9.98. The number of carbonyl (C=O) groups excluding carboxylic acids is 1. The molecule has 39 heavy (non-hydrogen) atoms. The Balaban J connectivity index is 1.62. The molecule has 2 aromatic carbocycles. The predicted molar refractivity (Wildman–Crippen MR) is 144 cm³/mol. The summed E-state index contributed by atoms with van der Waals surface area (Å²) in [5.74, 6) is -1.26. The third kappa shape index (κ3) is 5.62. The molecule has 0 aliphatic carbocycles. The number of hydrogen-bond acceptors (Lipinski definition) is 7. The van der Waals surface area contributed by atoms with Gasteiger partial charge in [-0.05, 0) is 51.0 Å². The van der Waals surface area contributed by atoms with Crippen molar-refractivity contribution >= 4 is 28.4 Å². The fraction of sp³-hybridized carbons (Fsp3) is 0.448. The van der Waals surface area contributed by atoms with Gasteiger partial charge in [0, 0.05) is 62.2 Å². The van der Waals surface area contributed by atoms with Crippen molar-refractivity contribution in [1.29, 1.82) is 0 Å². The summed E-state index contributed by atoms with van der Waals surface area (Å²) in [6, 6.07) is 7.43. The Morgan fingerprint density at radius 3 is 2.44 bits per heavy atom. The SMILES string of the molecule is C[C@@H]1CN(c2cc(=O)c3cc(C(=O)N4CCC(O)CC4)cc([C@H](C)N(C)c4cc(F)cc(F)c4)c3o2)CCO1. The van der Waals surface area contributed by atoms with Crippen LogP contribution in [0.4, 0.5) is 20.4 Å². The highest BCUT2D eigenvalue weighted by Crippen LogP contribution is 2.34. The number of amides is 1. The minimum absolute atomic E-state index is 0.0322. The summed E-state index contributed by atoms with van der Waals surface area (Å²) in [5, 5.41) is 10.1. The standard InChI is InChI=1S/C29H33F2N3O5/c1-17-16-34(8-9-38-17)27-15-26(36)25-11-19(29(37)33-6-4-23(35)5-7-33)10-24(28(25)39-27)18(2)32(3)22-13-20(30)12-21(31)14-22/h10-15,17-18,23,35H,4-9,16H2,1-3H3/t17-,18+/m1/s1. The van der Waals surface area contributed by atoms with Crippen LogP contribution in [0.15, 0.2) is 45.6 Å². The number of hydrogen-bond donors (Lipinski definition) is 1. The minimum atomic E-state index is -0.708. The number of likely N-dealkylation sites (tertiary alicyclic amines) is 1. The highest BCUT2D eigenvalue weighted by Gasteiger charge is 2.27. The Morgan fingerprint density at radius 2 is 1.77 bits per heavy atom. The van der Waals surface area contributed by atoms with Gasteiger partial charge in [0.1, 0.15) is 17.2 Å². The highest BCUT2D eigenvalue weighted by atomic mass is 19.1. The van der Waals surface area contributed by atoms with Crippen molar-refractivity contribution in [3.05, 3.63) is 69.4 Å². The Morgan fingerprint density at radius 1 is 1.08 bits per heavy atom. The third-order valence-corrected chi connectivity index (χ3v) is 7.68. The van der Waals surface area contributed by atoms with Gasteiger partial charge in [-0.1, -0.05) is 0 Å². The number of aliphatic hydroxyl groups excluding tert-OH is 1. The first kappa shape index (κ1) is 27.1. The number of nitrogens with zero attached hydrogens (tertiary/aromatic N) is 3. The number of morpholine rings is 1. The average molecular weight is 542 g/mol. The predicted octanol–water partition coefficient (Wildman–Crippen LogP) is 4.09. The van der Waals surface area contributed by atoms with Crippen LogP contribution in [-0.2, 0) is 4.74 Å². The van der Waals surface area contributed by atoms with Crippen molar-refractivity contribution in [2.24, 2.45) is 0 Å². The molecule has 5 rings (SSSR count). The lowest BCUT2D eigenvalue weighted by Gasteiger charge is -2.32. The molecule has 0 unspecified atom stereocenters. The molecule has 0 radical (unpaired) electrons. The monoisotopic (exact) mass is 541 g/mol. The van der Waals surface area contributed by atoms with Crippen LogP contribution in [0.2, 0.25) is 0 Å². The summed E-state index contributed by atoms with van der Waals surface area (Å²) in [7, 11) is 1.69. The Hall–Kier alpha value is -3.50. The molecule has 0 spiro atoms. The zero-order chi connectivity index (χ0) is 27.8. The number of carbonyl (C=O) groups is 1. The van der Waals surface area contributed by atoms with Crippen molar-refractivity contribution in [3.63, 3.8) is 0 Å². The van der Waals surface area contributed by atoms with Gasteiger partial charge in [0.05, 0.1) is 30.2 Å². The number of rotatable bonds is 5. The summed E-state index contributed by atoms with van der Waals surface area (Å²) < 4.78 is 40.1. The molecule has 1 aromatic heterocycles. The van der Waals surface area contributed by atoms with Gasteiger partial charge in [-0.25, -0.2) is 8.78 Å². The molecule has 1 N–H and O–H groups in total. The van der Waals surface area contributed by atoms with Gasteiger partial charge in [0.25, 0.3) is 5.91 Å². The molecule has 2 atom stereocenters. The van der Waals surface area contributed by atoms with E-state index in [9.17, 15) is 23.5 Å². The van der Waals surface area contributed by atoms with Gasteiger partial charge in [0.15, 0.2) is 11.3 Å². The molecule has 2 fully saturated rings. The van der Waals surface area contributed by atoms with E-state index >= 15 is 0 Å². The van der Waals surface area contributed by atoms with Crippen molar-refractivity contribution in [2.75, 3.05) is 49.6 Å². The van der Waals surface area contributed by atoms with Crippen LogP contribution < -0.4 is 15.2 Å². The maximum absolute atomic E-state index is 14.0. The molecule has 10 heteroatoms. The molecule has 3 heterocycles. The van der Waals surface area contributed by atoms with Gasteiger partial charge in [0.2, 0.25) is 0 Å². The van der Waals surface area contributed by atoms with Crippen molar-refractivity contribution in [2.45, 2.75) is 44.9 Å². The van der Waals surface area contributed by atoms with Gasteiger partial charge in [-0.2, -0.15) is 0 Å². The molecule has 2 saturated heterocycles. The molecule has 0 saturated carbocycles. The molecular weight excluding hydrogens is 508 g/mol. The van der Waals surface area contributed by atoms with Crippen LogP contribution in [0.5, 0.6) is 0 Å². The molecule has 208 valence electrons. The normalized spacial score (nSPS) is 19.4. The zero-order valence-corrected chi connectivity index (χ0v) is 22.3. The lowest BCUT2D eigenvalue weighted by Crippen LogP contribution is -2.41. The topological polar surface area (TPSA) is 86.5 Å². The maximum atomic E-state index is 14.0. The third-order valence-electron chi connectivity index (χ3n) is 7.68. The van der Waals surface area contributed by atoms with E-state index < -0.39 is 23.8 Å². The van der Waals surface area contributed by atoms with Crippen LogP contribution in [0.3, 0.4) is 0 Å². The summed E-state index contributed by atoms with van der Waals surface area (Å²) in [6.45, 7) is 6.21. The fourth-order valence-corrected chi connectivity index (χ4v) is 5.31. The Labute approximate surface area is 225 Å². The molecule has 3 aromatic rings. The van der Waals surface area contributed by atoms with Gasteiger partial charge in [-0.3, -0.25) is 9.59 Å². The summed E-state index contributed by atoms with van der Waals surface area (Å²) in [6.07, 6.45) is 0.505. The maximum Gasteiger partial charge on any atom is 0.253 e. The number of fused-ring (bicyclic) bond motifs is 1. The van der Waals surface area contributed by atoms with Crippen LogP contribution >= 0.6 is 0 Å².